The molecule has 0 saturated heterocycles. The van der Waals surface area contributed by atoms with Gasteiger partial charge < -0.3 is 5.73 Å². The molecule has 12 heavy (non-hydrogen) atoms. The van der Waals surface area contributed by atoms with E-state index < -0.39 is 6.03 Å². The highest BCUT2D eigenvalue weighted by Gasteiger charge is 2.21. The molecule has 0 aliphatic heterocycles. The number of hydrogen-bond donors (Lipinski definition) is 1. The molecule has 0 bridgehead atoms. The zero-order valence-corrected chi connectivity index (χ0v) is 7.53. The van der Waals surface area contributed by atoms with Gasteiger partial charge in [-0.3, -0.25) is 4.57 Å². The standard InChI is InChI=1S/C8H13N3O/c1-8(2,3)6-10-4-5-11(6)7(9)12/h4-5H,1-3H3,(H2,9,12). The summed E-state index contributed by atoms with van der Waals surface area (Å²) in [5, 5.41) is 0. The van der Waals surface area contributed by atoms with E-state index >= 15 is 0 Å². The van der Waals surface area contributed by atoms with Crippen molar-refractivity contribution in [1.82, 2.24) is 9.55 Å². The number of imidazole rings is 1. The van der Waals surface area contributed by atoms with Crippen molar-refractivity contribution in [2.45, 2.75) is 26.2 Å². The van der Waals surface area contributed by atoms with Gasteiger partial charge in [0.15, 0.2) is 0 Å². The molecule has 66 valence electrons. The molecule has 1 heterocycles. The summed E-state index contributed by atoms with van der Waals surface area (Å²) in [6.45, 7) is 5.94. The number of carbonyl (C=O) groups excluding carboxylic acids is 1. The summed E-state index contributed by atoms with van der Waals surface area (Å²) in [5.74, 6) is 0.690. The minimum absolute atomic E-state index is 0.154. The van der Waals surface area contributed by atoms with Crippen LogP contribution < -0.4 is 5.73 Å². The fraction of sp³-hybridized carbons (Fsp3) is 0.500. The van der Waals surface area contributed by atoms with E-state index in [1.54, 1.807) is 12.4 Å². The molecule has 0 unspecified atom stereocenters. The summed E-state index contributed by atoms with van der Waals surface area (Å²) in [7, 11) is 0. The average molecular weight is 167 g/mol. The Morgan fingerprint density at radius 2 is 2.17 bits per heavy atom. The van der Waals surface area contributed by atoms with Gasteiger partial charge in [0.25, 0.3) is 0 Å². The third kappa shape index (κ3) is 1.47. The lowest BCUT2D eigenvalue weighted by atomic mass is 9.96. The van der Waals surface area contributed by atoms with Gasteiger partial charge in [-0.15, -0.1) is 0 Å². The molecule has 1 amide bonds. The summed E-state index contributed by atoms with van der Waals surface area (Å²) >= 11 is 0. The van der Waals surface area contributed by atoms with Crippen molar-refractivity contribution < 1.29 is 4.79 Å². The van der Waals surface area contributed by atoms with Gasteiger partial charge in [-0.25, -0.2) is 9.78 Å². The molecule has 4 heteroatoms. The topological polar surface area (TPSA) is 60.9 Å². The van der Waals surface area contributed by atoms with Gasteiger partial charge in [0.1, 0.15) is 5.82 Å². The van der Waals surface area contributed by atoms with Crippen LogP contribution in [-0.4, -0.2) is 15.6 Å². The number of hydrogen-bond acceptors (Lipinski definition) is 2. The molecule has 1 rings (SSSR count). The van der Waals surface area contributed by atoms with Crippen molar-refractivity contribution in [2.24, 2.45) is 5.73 Å². The van der Waals surface area contributed by atoms with Crippen LogP contribution in [0.25, 0.3) is 0 Å². The molecule has 4 nitrogen and oxygen atoms in total. The minimum Gasteiger partial charge on any atom is -0.351 e. The molecule has 1 aromatic rings. The number of rotatable bonds is 0. The first-order valence-electron chi connectivity index (χ1n) is 3.76. The first-order chi connectivity index (χ1) is 5.43. The second-order valence-corrected chi connectivity index (χ2v) is 3.71. The van der Waals surface area contributed by atoms with Gasteiger partial charge in [0, 0.05) is 17.8 Å². The Labute approximate surface area is 71.4 Å². The maximum atomic E-state index is 10.9. The zero-order chi connectivity index (χ0) is 9.35. The number of primary amides is 1. The van der Waals surface area contributed by atoms with E-state index in [1.807, 2.05) is 20.8 Å². The summed E-state index contributed by atoms with van der Waals surface area (Å²) in [6.07, 6.45) is 3.15. The summed E-state index contributed by atoms with van der Waals surface area (Å²) in [6, 6.07) is -0.488. The van der Waals surface area contributed by atoms with Crippen LogP contribution in [0.2, 0.25) is 0 Å². The lowest BCUT2D eigenvalue weighted by molar-refractivity contribution is 0.248. The van der Waals surface area contributed by atoms with E-state index in [9.17, 15) is 4.79 Å². The SMILES string of the molecule is CC(C)(C)c1nccn1C(N)=O. The largest absolute Gasteiger partial charge is 0.351 e. The molecule has 0 aromatic carbocycles. The molecule has 0 saturated carbocycles. The van der Waals surface area contributed by atoms with Crippen LogP contribution >= 0.6 is 0 Å². The Hall–Kier alpha value is -1.32. The minimum atomic E-state index is -0.488. The number of carbonyl (C=O) groups is 1. The maximum Gasteiger partial charge on any atom is 0.324 e. The number of nitrogens with two attached hydrogens (primary N) is 1. The Kier molecular flexibility index (Phi) is 1.92. The quantitative estimate of drug-likeness (QED) is 0.629. The van der Waals surface area contributed by atoms with Crippen LogP contribution in [0.1, 0.15) is 26.6 Å². The molecule has 0 aliphatic carbocycles. The highest BCUT2D eigenvalue weighted by Crippen LogP contribution is 2.19. The van der Waals surface area contributed by atoms with Crippen molar-refractivity contribution in [3.05, 3.63) is 18.2 Å². The lowest BCUT2D eigenvalue weighted by Gasteiger charge is -2.17. The molecule has 0 fully saturated rings. The molecular weight excluding hydrogens is 154 g/mol. The Balaban J connectivity index is 3.17. The summed E-state index contributed by atoms with van der Waals surface area (Å²) in [5.41, 5.74) is 4.99. The highest BCUT2D eigenvalue weighted by molar-refractivity contribution is 5.75. The van der Waals surface area contributed by atoms with E-state index in [4.69, 9.17) is 5.73 Å². The zero-order valence-electron chi connectivity index (χ0n) is 7.53. The average Bonchev–Trinajstić information content (AvgIpc) is 2.30. The fourth-order valence-electron chi connectivity index (χ4n) is 1.04. The van der Waals surface area contributed by atoms with Crippen LogP contribution in [0.4, 0.5) is 4.79 Å². The van der Waals surface area contributed by atoms with Gasteiger partial charge in [-0.1, -0.05) is 20.8 Å². The number of aromatic nitrogens is 2. The van der Waals surface area contributed by atoms with E-state index in [-0.39, 0.29) is 5.41 Å². The van der Waals surface area contributed by atoms with Gasteiger partial charge in [-0.2, -0.15) is 0 Å². The van der Waals surface area contributed by atoms with Crippen molar-refractivity contribution >= 4 is 6.03 Å². The first-order valence-corrected chi connectivity index (χ1v) is 3.76. The highest BCUT2D eigenvalue weighted by atomic mass is 16.2. The Morgan fingerprint density at radius 3 is 2.50 bits per heavy atom. The fourth-order valence-corrected chi connectivity index (χ4v) is 1.04. The van der Waals surface area contributed by atoms with Gasteiger partial charge >= 0.3 is 6.03 Å². The predicted octanol–water partition coefficient (Wildman–Crippen LogP) is 1.11. The lowest BCUT2D eigenvalue weighted by Crippen LogP contribution is -2.27. The van der Waals surface area contributed by atoms with Gasteiger partial charge in [-0.05, 0) is 0 Å². The molecule has 1 aromatic heterocycles. The normalized spacial score (nSPS) is 11.6. The monoisotopic (exact) mass is 167 g/mol. The van der Waals surface area contributed by atoms with Crippen molar-refractivity contribution in [3.8, 4) is 0 Å². The second-order valence-electron chi connectivity index (χ2n) is 3.71. The van der Waals surface area contributed by atoms with Gasteiger partial charge in [0.2, 0.25) is 0 Å². The second kappa shape index (κ2) is 2.62. The van der Waals surface area contributed by atoms with Crippen molar-refractivity contribution in [3.63, 3.8) is 0 Å². The van der Waals surface area contributed by atoms with Crippen molar-refractivity contribution in [1.29, 1.82) is 0 Å². The smallest absolute Gasteiger partial charge is 0.324 e. The number of amides is 1. The van der Waals surface area contributed by atoms with Crippen LogP contribution in [0.5, 0.6) is 0 Å². The Morgan fingerprint density at radius 1 is 1.58 bits per heavy atom. The molecule has 0 atom stereocenters. The summed E-state index contributed by atoms with van der Waals surface area (Å²) in [4.78, 5) is 14.9. The molecule has 0 spiro atoms. The van der Waals surface area contributed by atoms with Crippen molar-refractivity contribution in [2.75, 3.05) is 0 Å². The van der Waals surface area contributed by atoms with Crippen LogP contribution in [0.3, 0.4) is 0 Å². The summed E-state index contributed by atoms with van der Waals surface area (Å²) < 4.78 is 1.36. The van der Waals surface area contributed by atoms with Gasteiger partial charge in [0.05, 0.1) is 0 Å². The molecule has 2 N–H and O–H groups in total. The third-order valence-corrected chi connectivity index (χ3v) is 1.55. The maximum absolute atomic E-state index is 10.9. The first kappa shape index (κ1) is 8.77. The van der Waals surface area contributed by atoms with E-state index in [2.05, 4.69) is 4.98 Å². The molecule has 0 radical (unpaired) electrons. The van der Waals surface area contributed by atoms with E-state index in [0.29, 0.717) is 5.82 Å². The third-order valence-electron chi connectivity index (χ3n) is 1.55. The predicted molar refractivity (Wildman–Crippen MR) is 45.9 cm³/mol. The Bertz CT molecular complexity index is 295. The molecule has 0 aliphatic rings. The van der Waals surface area contributed by atoms with E-state index in [1.165, 1.54) is 4.57 Å². The molecular formula is C8H13N3O. The number of nitrogens with zero attached hydrogens (tertiary/aromatic N) is 2. The van der Waals surface area contributed by atoms with Crippen LogP contribution in [0, 0.1) is 0 Å². The van der Waals surface area contributed by atoms with Crippen LogP contribution in [-0.2, 0) is 5.41 Å². The van der Waals surface area contributed by atoms with E-state index in [0.717, 1.165) is 0 Å². The van der Waals surface area contributed by atoms with Crippen LogP contribution in [0.15, 0.2) is 12.4 Å².